The average Bonchev–Trinajstić information content (AvgIpc) is 3.36. The molecule has 1 saturated heterocycles. The first kappa shape index (κ1) is 23.8. The largest absolute Gasteiger partial charge is 0.464 e. The number of aromatic nitrogens is 3. The van der Waals surface area contributed by atoms with E-state index in [-0.39, 0.29) is 11.6 Å². The fraction of sp³-hybridized carbons (Fsp3) is 0.542. The molecule has 3 heterocycles. The van der Waals surface area contributed by atoms with E-state index in [1.54, 1.807) is 0 Å². The Morgan fingerprint density at radius 1 is 1.21 bits per heavy atom. The van der Waals surface area contributed by atoms with E-state index < -0.39 is 16.0 Å². The lowest BCUT2D eigenvalue weighted by Crippen LogP contribution is -2.45. The van der Waals surface area contributed by atoms with Gasteiger partial charge in [-0.15, -0.1) is 0 Å². The molecule has 1 aliphatic rings. The fourth-order valence-corrected chi connectivity index (χ4v) is 4.59. The van der Waals surface area contributed by atoms with Gasteiger partial charge in [-0.05, 0) is 43.9 Å². The number of rotatable bonds is 11. The zero-order valence-corrected chi connectivity index (χ0v) is 20.8. The molecule has 0 aliphatic carbocycles. The molecule has 9 heteroatoms. The summed E-state index contributed by atoms with van der Waals surface area (Å²) in [5.41, 5.74) is 2.38. The number of esters is 1. The third-order valence-electron chi connectivity index (χ3n) is 5.89. The molecular weight excluding hydrogens is 440 g/mol. The van der Waals surface area contributed by atoms with Gasteiger partial charge in [0.25, 0.3) is 0 Å². The number of ether oxygens (including phenoxy) is 2. The number of fused-ring (bicyclic) bond motifs is 1. The highest BCUT2D eigenvalue weighted by atomic mass is 32.3. The normalized spacial score (nSPS) is 15.6. The molecule has 0 radical (unpaired) electrons. The van der Waals surface area contributed by atoms with E-state index in [2.05, 4.69) is 56.2 Å². The Morgan fingerprint density at radius 2 is 2.00 bits per heavy atom. The van der Waals surface area contributed by atoms with E-state index in [0.29, 0.717) is 12.6 Å². The number of para-hydroxylation sites is 2. The predicted octanol–water partition coefficient (Wildman–Crippen LogP) is 3.51. The summed E-state index contributed by atoms with van der Waals surface area (Å²) in [6.07, 6.45) is 10.2. The van der Waals surface area contributed by atoms with Crippen LogP contribution in [0.3, 0.4) is 0 Å². The van der Waals surface area contributed by atoms with Crippen molar-refractivity contribution < 1.29 is 18.7 Å². The highest BCUT2D eigenvalue weighted by molar-refractivity contribution is 8.32. The number of likely N-dealkylation sites (tertiary alicyclic amines) is 1. The first-order chi connectivity index (χ1) is 15.8. The lowest BCUT2D eigenvalue weighted by Gasteiger charge is -2.37. The van der Waals surface area contributed by atoms with Crippen molar-refractivity contribution in [3.8, 4) is 0 Å². The van der Waals surface area contributed by atoms with Crippen molar-refractivity contribution in [1.29, 1.82) is 0 Å². The second kappa shape index (κ2) is 10.3. The van der Waals surface area contributed by atoms with Crippen LogP contribution >= 0.6 is 10.0 Å². The van der Waals surface area contributed by atoms with Gasteiger partial charge in [-0.2, -0.15) is 0 Å². The minimum absolute atomic E-state index is 0.228. The van der Waals surface area contributed by atoms with Gasteiger partial charge in [0.05, 0.1) is 30.7 Å². The molecule has 0 N–H and O–H groups in total. The minimum atomic E-state index is -0.557. The maximum atomic E-state index is 11.5. The molecule has 0 bridgehead atoms. The Morgan fingerprint density at radius 3 is 2.76 bits per heavy atom. The van der Waals surface area contributed by atoms with Crippen LogP contribution in [0, 0.1) is 0 Å². The van der Waals surface area contributed by atoms with Crippen LogP contribution in [0.25, 0.3) is 11.0 Å². The summed E-state index contributed by atoms with van der Waals surface area (Å²) in [6, 6.07) is 8.26. The molecule has 33 heavy (non-hydrogen) atoms. The molecule has 0 unspecified atom stereocenters. The van der Waals surface area contributed by atoms with E-state index >= 15 is 0 Å². The summed E-state index contributed by atoms with van der Waals surface area (Å²) in [4.78, 5) is 23.1. The Hall–Kier alpha value is -2.36. The summed E-state index contributed by atoms with van der Waals surface area (Å²) in [5.74, 6) is 2.56. The third-order valence-corrected chi connectivity index (χ3v) is 7.28. The number of benzene rings is 1. The summed E-state index contributed by atoms with van der Waals surface area (Å²) in [7, 11) is 0.786. The predicted molar refractivity (Wildman–Crippen MR) is 131 cm³/mol. The summed E-state index contributed by atoms with van der Waals surface area (Å²) < 4.78 is 18.4. The fourth-order valence-electron chi connectivity index (χ4n) is 3.97. The van der Waals surface area contributed by atoms with Crippen LogP contribution in [0.5, 0.6) is 0 Å². The van der Waals surface area contributed by atoms with Crippen molar-refractivity contribution in [2.75, 3.05) is 57.9 Å². The highest BCUT2D eigenvalue weighted by Crippen LogP contribution is 2.33. The molecule has 180 valence electrons. The summed E-state index contributed by atoms with van der Waals surface area (Å²) in [5, 5.41) is 0. The van der Waals surface area contributed by atoms with Gasteiger partial charge < -0.3 is 23.4 Å². The highest BCUT2D eigenvalue weighted by Gasteiger charge is 2.32. The van der Waals surface area contributed by atoms with E-state index in [1.165, 1.54) is 13.4 Å². The van der Waals surface area contributed by atoms with E-state index in [4.69, 9.17) is 14.1 Å². The molecule has 1 aromatic carbocycles. The topological polar surface area (TPSA) is 82.6 Å². The molecule has 3 aromatic rings. The zero-order valence-electron chi connectivity index (χ0n) is 20.0. The number of carbonyl (C=O) groups is 1. The number of nitrogens with zero attached hydrogens (tertiary/aromatic N) is 4. The van der Waals surface area contributed by atoms with Crippen LogP contribution in [-0.2, 0) is 22.6 Å². The molecule has 2 aromatic heterocycles. The molecular formula is C24H34N4O4S. The first-order valence-corrected chi connectivity index (χ1v) is 14.3. The number of imidazole rings is 1. The van der Waals surface area contributed by atoms with Crippen molar-refractivity contribution in [2.24, 2.45) is 0 Å². The summed E-state index contributed by atoms with van der Waals surface area (Å²) >= 11 is 0. The molecule has 0 spiro atoms. The van der Waals surface area contributed by atoms with Crippen molar-refractivity contribution >= 4 is 27.0 Å². The van der Waals surface area contributed by atoms with Crippen LogP contribution in [0.1, 0.15) is 34.5 Å². The molecule has 1 fully saturated rings. The minimum Gasteiger partial charge on any atom is -0.464 e. The molecule has 1 aliphatic heterocycles. The van der Waals surface area contributed by atoms with Gasteiger partial charge in [0.15, 0.2) is 5.69 Å². The lowest BCUT2D eigenvalue weighted by molar-refractivity contribution is 0.0593. The Kier molecular flexibility index (Phi) is 7.41. The maximum absolute atomic E-state index is 11.5. The maximum Gasteiger partial charge on any atom is 0.360 e. The van der Waals surface area contributed by atoms with Crippen molar-refractivity contribution in [2.45, 2.75) is 25.5 Å². The number of methoxy groups -OCH3 is 1. The Bertz CT molecular complexity index is 1080. The van der Waals surface area contributed by atoms with Crippen molar-refractivity contribution in [1.82, 2.24) is 19.4 Å². The van der Waals surface area contributed by atoms with Gasteiger partial charge in [-0.1, -0.05) is 12.1 Å². The van der Waals surface area contributed by atoms with Crippen LogP contribution in [0.2, 0.25) is 0 Å². The number of carbonyl (C=O) groups excluding carboxylic acids is 1. The third kappa shape index (κ3) is 5.96. The summed E-state index contributed by atoms with van der Waals surface area (Å²) in [6.45, 7) is 4.08. The molecule has 8 nitrogen and oxygen atoms in total. The van der Waals surface area contributed by atoms with Crippen LogP contribution in [0.4, 0.5) is 0 Å². The van der Waals surface area contributed by atoms with Gasteiger partial charge in [-0.25, -0.2) is 24.8 Å². The SMILES string of the molecule is COC(=O)c1coc(C2CN(CCCc3nc4ccccc4n3COCCS(C)(C)C)C2)n1. The number of oxazole rings is 1. The van der Waals surface area contributed by atoms with Gasteiger partial charge in [0.2, 0.25) is 5.89 Å². The van der Waals surface area contributed by atoms with Gasteiger partial charge in [0, 0.05) is 25.3 Å². The molecule has 0 saturated carbocycles. The van der Waals surface area contributed by atoms with Gasteiger partial charge in [-0.3, -0.25) is 0 Å². The van der Waals surface area contributed by atoms with Gasteiger partial charge >= 0.3 is 5.97 Å². The monoisotopic (exact) mass is 474 g/mol. The number of hydrogen-bond donors (Lipinski definition) is 0. The van der Waals surface area contributed by atoms with Crippen molar-refractivity contribution in [3.63, 3.8) is 0 Å². The molecule has 0 amide bonds. The molecule has 4 rings (SSSR count). The van der Waals surface area contributed by atoms with E-state index in [9.17, 15) is 4.79 Å². The first-order valence-electron chi connectivity index (χ1n) is 11.3. The Balaban J connectivity index is 1.28. The standard InChI is InChI=1S/C24H34N4O4S/c1-30-24(29)20-16-32-23(26-20)18-14-27(15-18)11-7-10-22-25-19-8-5-6-9-21(19)28(22)17-31-12-13-33(2,3)4/h5-6,8-9,16,18H,7,10-15,17H2,1-4H3. The van der Waals surface area contributed by atoms with Crippen LogP contribution in [-0.4, -0.2) is 83.3 Å². The van der Waals surface area contributed by atoms with E-state index in [0.717, 1.165) is 61.7 Å². The lowest BCUT2D eigenvalue weighted by atomic mass is 10.00. The van der Waals surface area contributed by atoms with Crippen molar-refractivity contribution in [3.05, 3.63) is 47.9 Å². The van der Waals surface area contributed by atoms with Crippen LogP contribution < -0.4 is 0 Å². The quantitative estimate of drug-likeness (QED) is 0.311. The second-order valence-corrected chi connectivity index (χ2v) is 14.0. The average molecular weight is 475 g/mol. The smallest absolute Gasteiger partial charge is 0.360 e. The van der Waals surface area contributed by atoms with Crippen LogP contribution in [0.15, 0.2) is 34.9 Å². The molecule has 0 atom stereocenters. The second-order valence-electron chi connectivity index (χ2n) is 9.40. The van der Waals surface area contributed by atoms with E-state index in [1.807, 2.05) is 6.07 Å². The Labute approximate surface area is 196 Å². The number of hydrogen-bond acceptors (Lipinski definition) is 7. The number of aryl methyl sites for hydroxylation is 1. The zero-order chi connectivity index (χ0) is 23.4. The van der Waals surface area contributed by atoms with Gasteiger partial charge in [0.1, 0.15) is 18.8 Å².